The van der Waals surface area contributed by atoms with Crippen molar-refractivity contribution in [2.24, 2.45) is 0 Å². The maximum absolute atomic E-state index is 12.7. The molecule has 35 heavy (non-hydrogen) atoms. The number of hydrogen-bond donors (Lipinski definition) is 1. The smallest absolute Gasteiger partial charge is 0.341 e. The number of nitrogens with one attached hydrogen (secondary N) is 1. The highest BCUT2D eigenvalue weighted by Crippen LogP contribution is 2.45. The second kappa shape index (κ2) is 12.4. The summed E-state index contributed by atoms with van der Waals surface area (Å²) in [7, 11) is 4.16. The number of hydrogen-bond acceptors (Lipinski definition) is 8. The molecule has 1 N–H and O–H groups in total. The van der Waals surface area contributed by atoms with Crippen LogP contribution in [-0.4, -0.2) is 45.8 Å². The van der Waals surface area contributed by atoms with E-state index in [1.807, 2.05) is 12.1 Å². The average molecular weight is 502 g/mol. The monoisotopic (exact) mass is 501 g/mol. The van der Waals surface area contributed by atoms with Crippen LogP contribution in [0.15, 0.2) is 24.3 Å². The minimum absolute atomic E-state index is 0.216. The van der Waals surface area contributed by atoms with Gasteiger partial charge in [-0.1, -0.05) is 25.8 Å². The summed E-state index contributed by atoms with van der Waals surface area (Å²) in [6.45, 7) is 2.75. The predicted molar refractivity (Wildman–Crippen MR) is 134 cm³/mol. The molecule has 8 nitrogen and oxygen atoms in total. The van der Waals surface area contributed by atoms with Crippen LogP contribution in [0.3, 0.4) is 0 Å². The maximum atomic E-state index is 12.7. The molecule has 1 atom stereocenters. The molecule has 188 valence electrons. The topological polar surface area (TPSA) is 100 Å². The summed E-state index contributed by atoms with van der Waals surface area (Å²) in [5.41, 5.74) is 1.56. The number of esters is 2. The number of thiophene rings is 1. The van der Waals surface area contributed by atoms with Gasteiger partial charge in [-0.25, -0.2) is 4.79 Å². The number of rotatable bonds is 11. The van der Waals surface area contributed by atoms with Crippen molar-refractivity contribution in [1.29, 1.82) is 0 Å². The number of ether oxygens (including phenoxy) is 4. The molecule has 0 radical (unpaired) electrons. The molecule has 1 aromatic heterocycles. The second-order valence-electron chi connectivity index (χ2n) is 8.04. The highest BCUT2D eigenvalue weighted by molar-refractivity contribution is 7.17. The molecule has 2 aromatic rings. The lowest BCUT2D eigenvalue weighted by Crippen LogP contribution is -2.16. The summed E-state index contributed by atoms with van der Waals surface area (Å²) in [6, 6.07) is 5.44. The minimum atomic E-state index is -0.600. The summed E-state index contributed by atoms with van der Waals surface area (Å²) in [4.78, 5) is 38.3. The van der Waals surface area contributed by atoms with Crippen LogP contribution in [0.1, 0.15) is 64.9 Å². The molecule has 0 aliphatic heterocycles. The van der Waals surface area contributed by atoms with Gasteiger partial charge >= 0.3 is 11.9 Å². The van der Waals surface area contributed by atoms with Crippen molar-refractivity contribution in [2.45, 2.75) is 44.9 Å². The quantitative estimate of drug-likeness (QED) is 0.264. The third-order valence-corrected chi connectivity index (χ3v) is 6.94. The normalized spacial score (nSPS) is 14.5. The van der Waals surface area contributed by atoms with Crippen LogP contribution in [0, 0.1) is 0 Å². The summed E-state index contributed by atoms with van der Waals surface area (Å²) < 4.78 is 21.0. The second-order valence-corrected chi connectivity index (χ2v) is 9.14. The first-order valence-electron chi connectivity index (χ1n) is 11.5. The zero-order chi connectivity index (χ0) is 25.4. The highest BCUT2D eigenvalue weighted by atomic mass is 32.1. The molecule has 0 spiro atoms. The van der Waals surface area contributed by atoms with Gasteiger partial charge in [0.25, 0.3) is 0 Å². The van der Waals surface area contributed by atoms with Crippen molar-refractivity contribution in [1.82, 2.24) is 0 Å². The van der Waals surface area contributed by atoms with Crippen LogP contribution in [0.4, 0.5) is 5.00 Å². The Hall–Kier alpha value is -3.33. The van der Waals surface area contributed by atoms with E-state index in [0.29, 0.717) is 41.5 Å². The van der Waals surface area contributed by atoms with Gasteiger partial charge in [-0.2, -0.15) is 0 Å². The summed E-state index contributed by atoms with van der Waals surface area (Å²) in [6.07, 6.45) is 7.41. The van der Waals surface area contributed by atoms with Gasteiger partial charge in [0.15, 0.2) is 11.5 Å². The first kappa shape index (κ1) is 26.3. The standard InChI is InChI=1S/C26H31NO7S/c1-5-6-7-14-34-18-11-8-16(15-19(18)31-2)9-13-21(28)27-24-23(26(30)33-4)22-17(25(29)32-3)10-12-20(22)35-24/h8-9,11,13,15,17H,5-7,10,12,14H2,1-4H3,(H,27,28)/b13-9+. The minimum Gasteiger partial charge on any atom is -0.493 e. The number of amides is 1. The SMILES string of the molecule is CCCCCOc1ccc(/C=C/C(=O)Nc2sc3c(c2C(=O)OC)C(C(=O)OC)CC3)cc1OC. The number of anilines is 1. The Bertz CT molecular complexity index is 1110. The predicted octanol–water partition coefficient (Wildman–Crippen LogP) is 4.97. The van der Waals surface area contributed by atoms with Crippen LogP contribution in [0.2, 0.25) is 0 Å². The number of carbonyl (C=O) groups excluding carboxylic acids is 3. The van der Waals surface area contributed by atoms with Crippen molar-refractivity contribution in [2.75, 3.05) is 33.3 Å². The Balaban J connectivity index is 1.74. The van der Waals surface area contributed by atoms with Crippen LogP contribution in [0.5, 0.6) is 11.5 Å². The molecule has 1 aliphatic carbocycles. The molecule has 1 unspecified atom stereocenters. The average Bonchev–Trinajstić information content (AvgIpc) is 3.43. The fourth-order valence-electron chi connectivity index (χ4n) is 4.00. The number of aryl methyl sites for hydroxylation is 1. The number of fused-ring (bicyclic) bond motifs is 1. The molecule has 0 bridgehead atoms. The number of methoxy groups -OCH3 is 3. The van der Waals surface area contributed by atoms with E-state index in [-0.39, 0.29) is 5.56 Å². The molecule has 1 aromatic carbocycles. The molecule has 3 rings (SSSR count). The van der Waals surface area contributed by atoms with Gasteiger partial charge in [0.1, 0.15) is 5.00 Å². The summed E-state index contributed by atoms with van der Waals surface area (Å²) >= 11 is 1.28. The molecule has 1 aliphatic rings. The van der Waals surface area contributed by atoms with Gasteiger partial charge < -0.3 is 24.3 Å². The maximum Gasteiger partial charge on any atom is 0.341 e. The number of carbonyl (C=O) groups is 3. The molecule has 1 heterocycles. The molecular weight excluding hydrogens is 470 g/mol. The van der Waals surface area contributed by atoms with Crippen LogP contribution in [-0.2, 0) is 25.5 Å². The van der Waals surface area contributed by atoms with Gasteiger partial charge in [0.05, 0.1) is 39.4 Å². The number of unbranched alkanes of at least 4 members (excludes halogenated alkanes) is 2. The largest absolute Gasteiger partial charge is 0.493 e. The zero-order valence-corrected chi connectivity index (χ0v) is 21.3. The lowest BCUT2D eigenvalue weighted by atomic mass is 9.99. The van der Waals surface area contributed by atoms with Crippen molar-refractivity contribution in [3.8, 4) is 11.5 Å². The van der Waals surface area contributed by atoms with E-state index in [9.17, 15) is 14.4 Å². The van der Waals surface area contributed by atoms with E-state index in [2.05, 4.69) is 12.2 Å². The lowest BCUT2D eigenvalue weighted by molar-refractivity contribution is -0.142. The molecule has 0 fully saturated rings. The van der Waals surface area contributed by atoms with E-state index < -0.39 is 23.8 Å². The third kappa shape index (κ3) is 6.22. The molecule has 1 amide bonds. The Morgan fingerprint density at radius 1 is 1.11 bits per heavy atom. The summed E-state index contributed by atoms with van der Waals surface area (Å²) in [5, 5.41) is 3.13. The first-order valence-corrected chi connectivity index (χ1v) is 12.4. The molecule has 0 saturated heterocycles. The van der Waals surface area contributed by atoms with E-state index in [4.69, 9.17) is 18.9 Å². The van der Waals surface area contributed by atoms with E-state index in [1.54, 1.807) is 19.3 Å². The van der Waals surface area contributed by atoms with Crippen molar-refractivity contribution >= 4 is 40.3 Å². The Labute approximate surface area is 209 Å². The van der Waals surface area contributed by atoms with Crippen LogP contribution >= 0.6 is 11.3 Å². The number of benzene rings is 1. The van der Waals surface area contributed by atoms with Gasteiger partial charge in [-0.05, 0) is 48.6 Å². The van der Waals surface area contributed by atoms with Gasteiger partial charge in [0, 0.05) is 11.0 Å². The van der Waals surface area contributed by atoms with E-state index in [0.717, 1.165) is 29.7 Å². The Morgan fingerprint density at radius 3 is 2.60 bits per heavy atom. The van der Waals surface area contributed by atoms with Crippen LogP contribution in [0.25, 0.3) is 6.08 Å². The first-order chi connectivity index (χ1) is 16.9. The van der Waals surface area contributed by atoms with Gasteiger partial charge in [-0.3, -0.25) is 9.59 Å². The van der Waals surface area contributed by atoms with Gasteiger partial charge in [-0.15, -0.1) is 11.3 Å². The zero-order valence-electron chi connectivity index (χ0n) is 20.5. The fourth-order valence-corrected chi connectivity index (χ4v) is 5.27. The van der Waals surface area contributed by atoms with Crippen molar-refractivity contribution in [3.63, 3.8) is 0 Å². The molecule has 0 saturated carbocycles. The molecule has 9 heteroatoms. The fraction of sp³-hybridized carbons (Fsp3) is 0.423. The highest BCUT2D eigenvalue weighted by Gasteiger charge is 2.38. The Kier molecular flexibility index (Phi) is 9.31. The molecular formula is C26H31NO7S. The Morgan fingerprint density at radius 2 is 1.91 bits per heavy atom. The van der Waals surface area contributed by atoms with Crippen LogP contribution < -0.4 is 14.8 Å². The van der Waals surface area contributed by atoms with Crippen molar-refractivity contribution in [3.05, 3.63) is 45.8 Å². The van der Waals surface area contributed by atoms with Gasteiger partial charge in [0.2, 0.25) is 5.91 Å². The third-order valence-electron chi connectivity index (χ3n) is 5.76. The van der Waals surface area contributed by atoms with Crippen molar-refractivity contribution < 1.29 is 33.3 Å². The van der Waals surface area contributed by atoms with E-state index >= 15 is 0 Å². The summed E-state index contributed by atoms with van der Waals surface area (Å²) in [5.74, 6) is -0.727. The lowest BCUT2D eigenvalue weighted by Gasteiger charge is -2.11. The van der Waals surface area contributed by atoms with E-state index in [1.165, 1.54) is 31.6 Å².